The van der Waals surface area contributed by atoms with E-state index >= 15 is 0 Å². The van der Waals surface area contributed by atoms with Gasteiger partial charge in [-0.05, 0) is 45.6 Å². The summed E-state index contributed by atoms with van der Waals surface area (Å²) in [5, 5.41) is 3.83. The van der Waals surface area contributed by atoms with Crippen molar-refractivity contribution >= 4 is 0 Å². The number of nitrogens with zero attached hydrogens (tertiary/aromatic N) is 1. The van der Waals surface area contributed by atoms with Crippen molar-refractivity contribution < 1.29 is 4.74 Å². The molecule has 2 saturated heterocycles. The third-order valence-corrected chi connectivity index (χ3v) is 5.00. The average Bonchev–Trinajstić information content (AvgIpc) is 2.48. The molecule has 2 aliphatic heterocycles. The molecule has 0 aromatic carbocycles. The minimum absolute atomic E-state index is 0.528. The first kappa shape index (κ1) is 11.0. The number of nitrogens with one attached hydrogen (secondary N) is 1. The van der Waals surface area contributed by atoms with E-state index < -0.39 is 0 Å². The average molecular weight is 224 g/mol. The molecule has 16 heavy (non-hydrogen) atoms. The molecule has 0 radical (unpaired) electrons. The number of piperidine rings is 1. The van der Waals surface area contributed by atoms with E-state index in [4.69, 9.17) is 4.74 Å². The molecule has 3 fully saturated rings. The maximum absolute atomic E-state index is 5.33. The van der Waals surface area contributed by atoms with Crippen molar-refractivity contribution in [1.29, 1.82) is 0 Å². The van der Waals surface area contributed by atoms with Crippen molar-refractivity contribution in [3.63, 3.8) is 0 Å². The summed E-state index contributed by atoms with van der Waals surface area (Å²) in [6, 6.07) is 3.22. The zero-order valence-corrected chi connectivity index (χ0v) is 10.5. The molecule has 2 heterocycles. The van der Waals surface area contributed by atoms with Gasteiger partial charge in [0.15, 0.2) is 0 Å². The zero-order valence-electron chi connectivity index (χ0n) is 10.5. The fraction of sp³-hybridized carbons (Fsp3) is 1.00. The van der Waals surface area contributed by atoms with Crippen LogP contribution in [0.1, 0.15) is 38.5 Å². The van der Waals surface area contributed by atoms with Crippen molar-refractivity contribution in [3.8, 4) is 0 Å². The summed E-state index contributed by atoms with van der Waals surface area (Å²) >= 11 is 0. The molecular weight excluding hydrogens is 200 g/mol. The molecule has 92 valence electrons. The van der Waals surface area contributed by atoms with Crippen LogP contribution in [0.2, 0.25) is 0 Å². The summed E-state index contributed by atoms with van der Waals surface area (Å²) in [4.78, 5) is 2.61. The van der Waals surface area contributed by atoms with Crippen LogP contribution in [0.3, 0.4) is 0 Å². The van der Waals surface area contributed by atoms with E-state index in [0.717, 1.165) is 24.2 Å². The maximum atomic E-state index is 5.33. The number of methoxy groups -OCH3 is 1. The largest absolute Gasteiger partial charge is 0.381 e. The first-order valence-electron chi connectivity index (χ1n) is 6.77. The highest BCUT2D eigenvalue weighted by Gasteiger charge is 2.40. The van der Waals surface area contributed by atoms with Gasteiger partial charge in [-0.15, -0.1) is 0 Å². The van der Waals surface area contributed by atoms with Crippen molar-refractivity contribution in [1.82, 2.24) is 10.2 Å². The summed E-state index contributed by atoms with van der Waals surface area (Å²) in [6.07, 6.45) is 8.54. The molecular formula is C13H24N2O. The van der Waals surface area contributed by atoms with Crippen LogP contribution >= 0.6 is 0 Å². The van der Waals surface area contributed by atoms with E-state index in [2.05, 4.69) is 17.3 Å². The Kier molecular flexibility index (Phi) is 2.94. The second kappa shape index (κ2) is 4.28. The predicted octanol–water partition coefficient (Wildman–Crippen LogP) is 1.38. The van der Waals surface area contributed by atoms with Gasteiger partial charge in [0.25, 0.3) is 0 Å². The minimum atomic E-state index is 0.528. The Morgan fingerprint density at radius 3 is 2.12 bits per heavy atom. The van der Waals surface area contributed by atoms with Gasteiger partial charge in [-0.25, -0.2) is 0 Å². The van der Waals surface area contributed by atoms with Gasteiger partial charge in [0.1, 0.15) is 0 Å². The number of ether oxygens (including phenoxy) is 1. The molecule has 0 aromatic heterocycles. The Labute approximate surface area is 98.5 Å². The van der Waals surface area contributed by atoms with E-state index in [-0.39, 0.29) is 0 Å². The molecule has 3 rings (SSSR count). The van der Waals surface area contributed by atoms with E-state index in [1.165, 1.54) is 38.5 Å². The molecule has 0 aromatic rings. The van der Waals surface area contributed by atoms with Crippen LogP contribution in [-0.2, 0) is 4.74 Å². The van der Waals surface area contributed by atoms with Crippen molar-refractivity contribution in [3.05, 3.63) is 0 Å². The van der Waals surface area contributed by atoms with Gasteiger partial charge in [0, 0.05) is 31.3 Å². The van der Waals surface area contributed by atoms with Crippen molar-refractivity contribution in [2.45, 2.75) is 68.8 Å². The van der Waals surface area contributed by atoms with Crippen LogP contribution < -0.4 is 5.32 Å². The number of fused-ring (bicyclic) bond motifs is 2. The monoisotopic (exact) mass is 224 g/mol. The van der Waals surface area contributed by atoms with E-state index in [1.54, 1.807) is 0 Å². The van der Waals surface area contributed by atoms with Crippen LogP contribution in [0.25, 0.3) is 0 Å². The minimum Gasteiger partial charge on any atom is -0.381 e. The van der Waals surface area contributed by atoms with Gasteiger partial charge in [-0.1, -0.05) is 0 Å². The first-order chi connectivity index (χ1) is 7.76. The van der Waals surface area contributed by atoms with E-state index in [0.29, 0.717) is 6.10 Å². The molecule has 3 heteroatoms. The Balaban J connectivity index is 1.47. The van der Waals surface area contributed by atoms with Gasteiger partial charge in [0.2, 0.25) is 0 Å². The number of rotatable bonds is 3. The molecule has 2 unspecified atom stereocenters. The Bertz CT molecular complexity index is 238. The van der Waals surface area contributed by atoms with Crippen LogP contribution in [0, 0.1) is 0 Å². The predicted molar refractivity (Wildman–Crippen MR) is 64.5 cm³/mol. The molecule has 2 bridgehead atoms. The standard InChI is InChI=1S/C13H24N2O/c1-15-11-3-4-12(15)6-9(5-11)14-10-7-13(8-10)16-2/h9-14H,3-8H2,1-2H3. The fourth-order valence-corrected chi connectivity index (χ4v) is 3.78. The highest BCUT2D eigenvalue weighted by Crippen LogP contribution is 2.35. The summed E-state index contributed by atoms with van der Waals surface area (Å²) < 4.78 is 5.33. The summed E-state index contributed by atoms with van der Waals surface area (Å²) in [7, 11) is 4.14. The quantitative estimate of drug-likeness (QED) is 0.784. The zero-order chi connectivity index (χ0) is 11.1. The van der Waals surface area contributed by atoms with Gasteiger partial charge in [-0.3, -0.25) is 0 Å². The Morgan fingerprint density at radius 2 is 1.56 bits per heavy atom. The van der Waals surface area contributed by atoms with Crippen molar-refractivity contribution in [2.24, 2.45) is 0 Å². The lowest BCUT2D eigenvalue weighted by Crippen LogP contribution is -2.54. The third-order valence-electron chi connectivity index (χ3n) is 5.00. The van der Waals surface area contributed by atoms with E-state index in [1.807, 2.05) is 7.11 Å². The molecule has 3 aliphatic rings. The SMILES string of the molecule is COC1CC(NC2CC3CCC(C2)N3C)C1. The van der Waals surface area contributed by atoms with Gasteiger partial charge in [0.05, 0.1) is 6.10 Å². The maximum Gasteiger partial charge on any atom is 0.0601 e. The highest BCUT2D eigenvalue weighted by molar-refractivity contribution is 4.98. The fourth-order valence-electron chi connectivity index (χ4n) is 3.78. The second-order valence-corrected chi connectivity index (χ2v) is 5.91. The molecule has 1 aliphatic carbocycles. The van der Waals surface area contributed by atoms with Crippen LogP contribution in [0.5, 0.6) is 0 Å². The lowest BCUT2D eigenvalue weighted by atomic mass is 9.87. The summed E-state index contributed by atoms with van der Waals surface area (Å²) in [5.74, 6) is 0. The summed E-state index contributed by atoms with van der Waals surface area (Å²) in [6.45, 7) is 0. The molecule has 2 atom stereocenters. The molecule has 1 saturated carbocycles. The number of hydrogen-bond donors (Lipinski definition) is 1. The normalized spacial score (nSPS) is 48.0. The van der Waals surface area contributed by atoms with Gasteiger partial charge >= 0.3 is 0 Å². The molecule has 3 nitrogen and oxygen atoms in total. The van der Waals surface area contributed by atoms with E-state index in [9.17, 15) is 0 Å². The molecule has 1 N–H and O–H groups in total. The highest BCUT2D eigenvalue weighted by atomic mass is 16.5. The first-order valence-corrected chi connectivity index (χ1v) is 6.77. The van der Waals surface area contributed by atoms with Crippen molar-refractivity contribution in [2.75, 3.05) is 14.2 Å². The second-order valence-electron chi connectivity index (χ2n) is 5.91. The lowest BCUT2D eigenvalue weighted by Gasteiger charge is -2.42. The Morgan fingerprint density at radius 1 is 1.00 bits per heavy atom. The van der Waals surface area contributed by atoms with Crippen LogP contribution in [0.15, 0.2) is 0 Å². The van der Waals surface area contributed by atoms with Gasteiger partial charge in [-0.2, -0.15) is 0 Å². The van der Waals surface area contributed by atoms with Crippen LogP contribution in [0.4, 0.5) is 0 Å². The number of hydrogen-bond acceptors (Lipinski definition) is 3. The smallest absolute Gasteiger partial charge is 0.0601 e. The molecule has 0 amide bonds. The van der Waals surface area contributed by atoms with Crippen LogP contribution in [-0.4, -0.2) is 49.3 Å². The lowest BCUT2D eigenvalue weighted by molar-refractivity contribution is 0.00939. The summed E-state index contributed by atoms with van der Waals surface area (Å²) in [5.41, 5.74) is 0. The Hall–Kier alpha value is -0.120. The van der Waals surface area contributed by atoms with Gasteiger partial charge < -0.3 is 15.0 Å². The third kappa shape index (κ3) is 1.89. The molecule has 0 spiro atoms. The topological polar surface area (TPSA) is 24.5 Å².